The summed E-state index contributed by atoms with van der Waals surface area (Å²) in [5.41, 5.74) is 6.00. The molecule has 5 nitrogen and oxygen atoms in total. The average molecular weight is 332 g/mol. The number of nitrogens with one attached hydrogen (secondary N) is 1. The molecular weight excluding hydrogens is 302 g/mol. The Morgan fingerprint density at radius 1 is 1.14 bits per heavy atom. The van der Waals surface area contributed by atoms with E-state index in [-0.39, 0.29) is 36.3 Å². The number of nitrogens with zero attached hydrogens (tertiary/aromatic N) is 1. The number of piperidine rings is 1. The molecule has 0 radical (unpaired) electrons. The molecule has 3 atom stereocenters. The highest BCUT2D eigenvalue weighted by Gasteiger charge is 2.36. The molecule has 2 rings (SSSR count). The Morgan fingerprint density at radius 3 is 2.27 bits per heavy atom. The van der Waals surface area contributed by atoms with Crippen molar-refractivity contribution in [3.63, 3.8) is 0 Å². The van der Waals surface area contributed by atoms with Gasteiger partial charge in [0.05, 0.1) is 0 Å². The fraction of sp³-hybridized carbons (Fsp3) is 0.875. The third kappa shape index (κ3) is 4.85. The predicted molar refractivity (Wildman–Crippen MR) is 89.8 cm³/mol. The van der Waals surface area contributed by atoms with E-state index in [2.05, 4.69) is 5.32 Å². The van der Waals surface area contributed by atoms with Crippen LogP contribution in [0.2, 0.25) is 0 Å². The summed E-state index contributed by atoms with van der Waals surface area (Å²) in [6.45, 7) is 5.04. The van der Waals surface area contributed by atoms with E-state index >= 15 is 0 Å². The van der Waals surface area contributed by atoms with Crippen LogP contribution in [0.25, 0.3) is 0 Å². The number of rotatable bonds is 4. The summed E-state index contributed by atoms with van der Waals surface area (Å²) in [6.07, 6.45) is 6.51. The molecule has 0 aromatic rings. The summed E-state index contributed by atoms with van der Waals surface area (Å²) in [4.78, 5) is 26.3. The normalized spacial score (nSPS) is 25.2. The van der Waals surface area contributed by atoms with Gasteiger partial charge in [-0.25, -0.2) is 0 Å². The van der Waals surface area contributed by atoms with Crippen LogP contribution in [0.5, 0.6) is 0 Å². The van der Waals surface area contributed by atoms with Crippen molar-refractivity contribution in [3.05, 3.63) is 0 Å². The number of hydrogen-bond acceptors (Lipinski definition) is 3. The molecule has 128 valence electrons. The zero-order chi connectivity index (χ0) is 15.4. The lowest BCUT2D eigenvalue weighted by molar-refractivity contribution is -0.139. The molecule has 3 unspecified atom stereocenters. The van der Waals surface area contributed by atoms with Crippen LogP contribution in [0.1, 0.15) is 52.4 Å². The number of halogens is 1. The Labute approximate surface area is 139 Å². The van der Waals surface area contributed by atoms with E-state index in [0.29, 0.717) is 11.8 Å². The van der Waals surface area contributed by atoms with Crippen molar-refractivity contribution in [2.75, 3.05) is 13.1 Å². The second-order valence-corrected chi connectivity index (χ2v) is 6.77. The van der Waals surface area contributed by atoms with E-state index in [1.54, 1.807) is 0 Å². The quantitative estimate of drug-likeness (QED) is 0.823. The molecule has 22 heavy (non-hydrogen) atoms. The molecule has 3 N–H and O–H groups in total. The molecule has 1 saturated carbocycles. The van der Waals surface area contributed by atoms with Crippen LogP contribution in [0.4, 0.5) is 0 Å². The molecular formula is C16H30ClN3O2. The molecule has 2 amide bonds. The zero-order valence-corrected chi connectivity index (χ0v) is 14.5. The summed E-state index contributed by atoms with van der Waals surface area (Å²) in [5.74, 6) is 0.671. The number of amides is 2. The van der Waals surface area contributed by atoms with Crippen molar-refractivity contribution >= 4 is 24.2 Å². The van der Waals surface area contributed by atoms with Gasteiger partial charge in [0.25, 0.3) is 0 Å². The molecule has 0 aromatic heterocycles. The van der Waals surface area contributed by atoms with Gasteiger partial charge in [-0.05, 0) is 44.4 Å². The maximum atomic E-state index is 12.9. The van der Waals surface area contributed by atoms with E-state index < -0.39 is 0 Å². The first-order valence-electron chi connectivity index (χ1n) is 8.30. The highest BCUT2D eigenvalue weighted by atomic mass is 35.5. The summed E-state index contributed by atoms with van der Waals surface area (Å²) >= 11 is 0. The van der Waals surface area contributed by atoms with E-state index in [0.717, 1.165) is 51.6 Å². The fourth-order valence-corrected chi connectivity index (χ4v) is 3.73. The second kappa shape index (κ2) is 8.73. The first-order chi connectivity index (χ1) is 9.99. The summed E-state index contributed by atoms with van der Waals surface area (Å²) in [6, 6.07) is -0.219. The lowest BCUT2D eigenvalue weighted by Crippen LogP contribution is -2.54. The monoisotopic (exact) mass is 331 g/mol. The molecule has 1 aliphatic heterocycles. The van der Waals surface area contributed by atoms with Gasteiger partial charge in [-0.3, -0.25) is 9.59 Å². The number of carbonyl (C=O) groups is 2. The minimum absolute atomic E-state index is 0. The Morgan fingerprint density at radius 2 is 1.73 bits per heavy atom. The van der Waals surface area contributed by atoms with Gasteiger partial charge in [0.1, 0.15) is 6.04 Å². The second-order valence-electron chi connectivity index (χ2n) is 6.77. The van der Waals surface area contributed by atoms with Crippen LogP contribution in [0.3, 0.4) is 0 Å². The predicted octanol–water partition coefficient (Wildman–Crippen LogP) is 1.69. The van der Waals surface area contributed by atoms with Crippen LogP contribution in [-0.2, 0) is 9.59 Å². The van der Waals surface area contributed by atoms with E-state index in [9.17, 15) is 9.59 Å². The molecule has 1 heterocycles. The van der Waals surface area contributed by atoms with Crippen LogP contribution in [0.15, 0.2) is 0 Å². The van der Waals surface area contributed by atoms with Gasteiger partial charge in [0, 0.05) is 26.1 Å². The van der Waals surface area contributed by atoms with Crippen molar-refractivity contribution in [1.82, 2.24) is 10.2 Å². The SMILES string of the molecule is CC(=O)NC(C(=O)N1CCCC(C(C)N)C1)C1CCCC1.Cl. The van der Waals surface area contributed by atoms with E-state index in [4.69, 9.17) is 5.73 Å². The molecule has 0 aromatic carbocycles. The van der Waals surface area contributed by atoms with Gasteiger partial charge < -0.3 is 16.0 Å². The lowest BCUT2D eigenvalue weighted by atomic mass is 9.90. The zero-order valence-electron chi connectivity index (χ0n) is 13.7. The Hall–Kier alpha value is -0.810. The molecule has 2 fully saturated rings. The van der Waals surface area contributed by atoms with Gasteiger partial charge in [-0.2, -0.15) is 0 Å². The van der Waals surface area contributed by atoms with Crippen LogP contribution in [-0.4, -0.2) is 41.9 Å². The minimum atomic E-state index is -0.336. The molecule has 6 heteroatoms. The van der Waals surface area contributed by atoms with Crippen molar-refractivity contribution in [2.24, 2.45) is 17.6 Å². The van der Waals surface area contributed by atoms with Crippen molar-refractivity contribution in [2.45, 2.75) is 64.5 Å². The highest BCUT2D eigenvalue weighted by Crippen LogP contribution is 2.29. The Bertz CT molecular complexity index is 384. The van der Waals surface area contributed by atoms with E-state index in [1.807, 2.05) is 11.8 Å². The number of nitrogens with two attached hydrogens (primary N) is 1. The number of carbonyl (C=O) groups excluding carboxylic acids is 2. The van der Waals surface area contributed by atoms with Gasteiger partial charge >= 0.3 is 0 Å². The molecule has 2 aliphatic rings. The molecule has 0 bridgehead atoms. The lowest BCUT2D eigenvalue weighted by Gasteiger charge is -2.37. The first kappa shape index (κ1) is 19.2. The fourth-order valence-electron chi connectivity index (χ4n) is 3.73. The third-order valence-electron chi connectivity index (χ3n) is 5.01. The minimum Gasteiger partial charge on any atom is -0.344 e. The number of likely N-dealkylation sites (tertiary alicyclic amines) is 1. The van der Waals surface area contributed by atoms with Gasteiger partial charge in [0.2, 0.25) is 11.8 Å². The summed E-state index contributed by atoms with van der Waals surface area (Å²) in [7, 11) is 0. The van der Waals surface area contributed by atoms with Crippen LogP contribution in [0, 0.1) is 11.8 Å². The van der Waals surface area contributed by atoms with E-state index in [1.165, 1.54) is 6.92 Å². The maximum absolute atomic E-state index is 12.9. The summed E-state index contributed by atoms with van der Waals surface area (Å²) < 4.78 is 0. The Balaban J connectivity index is 0.00000242. The van der Waals surface area contributed by atoms with Crippen molar-refractivity contribution in [3.8, 4) is 0 Å². The molecule has 0 spiro atoms. The van der Waals surface area contributed by atoms with Gasteiger partial charge in [0.15, 0.2) is 0 Å². The first-order valence-corrected chi connectivity index (χ1v) is 8.30. The van der Waals surface area contributed by atoms with Crippen molar-refractivity contribution in [1.29, 1.82) is 0 Å². The third-order valence-corrected chi connectivity index (χ3v) is 5.01. The number of hydrogen-bond donors (Lipinski definition) is 2. The molecule has 1 saturated heterocycles. The van der Waals surface area contributed by atoms with Crippen LogP contribution < -0.4 is 11.1 Å². The summed E-state index contributed by atoms with van der Waals surface area (Å²) in [5, 5.41) is 2.90. The molecule has 1 aliphatic carbocycles. The Kier molecular flexibility index (Phi) is 7.63. The highest BCUT2D eigenvalue weighted by molar-refractivity contribution is 5.87. The average Bonchev–Trinajstić information content (AvgIpc) is 2.98. The van der Waals surface area contributed by atoms with Crippen LogP contribution >= 0.6 is 12.4 Å². The maximum Gasteiger partial charge on any atom is 0.245 e. The van der Waals surface area contributed by atoms with Gasteiger partial charge in [-0.15, -0.1) is 12.4 Å². The van der Waals surface area contributed by atoms with Crippen molar-refractivity contribution < 1.29 is 9.59 Å². The topological polar surface area (TPSA) is 75.4 Å². The largest absolute Gasteiger partial charge is 0.344 e. The smallest absolute Gasteiger partial charge is 0.245 e. The van der Waals surface area contributed by atoms with Gasteiger partial charge in [-0.1, -0.05) is 12.8 Å². The standard InChI is InChI=1S/C16H29N3O2.ClH/c1-11(17)14-8-5-9-19(10-14)16(21)15(18-12(2)20)13-6-3-4-7-13;/h11,13-15H,3-10,17H2,1-2H3,(H,18,20);1H.